The Labute approximate surface area is 245 Å². The Hall–Kier alpha value is -3.08. The third kappa shape index (κ3) is 7.81. The van der Waals surface area contributed by atoms with E-state index in [4.69, 9.17) is 4.99 Å². The van der Waals surface area contributed by atoms with Gasteiger partial charge in [-0.1, -0.05) is 52.4 Å². The lowest BCUT2D eigenvalue weighted by atomic mass is 9.76. The van der Waals surface area contributed by atoms with Crippen LogP contribution in [0.15, 0.2) is 53.8 Å². The zero-order chi connectivity index (χ0) is 28.6. The third-order valence-electron chi connectivity index (χ3n) is 9.51. The average molecular weight is 556 g/mol. The summed E-state index contributed by atoms with van der Waals surface area (Å²) in [6, 6.07) is 10.9. The highest BCUT2D eigenvalue weighted by Gasteiger charge is 2.25. The van der Waals surface area contributed by atoms with Crippen LogP contribution in [0, 0.1) is 29.5 Å². The molecule has 5 heteroatoms. The van der Waals surface area contributed by atoms with Crippen molar-refractivity contribution in [1.29, 1.82) is 0 Å². The summed E-state index contributed by atoms with van der Waals surface area (Å²) in [4.78, 5) is 25.1. The largest absolute Gasteiger partial charge is 0.346 e. The van der Waals surface area contributed by atoms with Crippen LogP contribution in [0.1, 0.15) is 108 Å². The zero-order valence-corrected chi connectivity index (χ0v) is 24.9. The number of aromatic nitrogens is 2. The number of nitrogens with one attached hydrogen (secondary N) is 1. The summed E-state index contributed by atoms with van der Waals surface area (Å²) in [5.74, 6) is 2.80. The number of pyridine rings is 1. The number of Topliss-reactive ketones (excluding diaryl/α,β-unsaturated/α-hetero) is 1. The number of nitrogens with zero attached hydrogens (tertiary/aromatic N) is 2. The van der Waals surface area contributed by atoms with Crippen molar-refractivity contribution in [2.24, 2.45) is 28.7 Å². The van der Waals surface area contributed by atoms with Gasteiger partial charge >= 0.3 is 0 Å². The minimum absolute atomic E-state index is 0.233. The van der Waals surface area contributed by atoms with Crippen molar-refractivity contribution in [3.63, 3.8) is 0 Å². The number of hydrogen-bond acceptors (Lipinski definition) is 3. The number of ketones is 1. The van der Waals surface area contributed by atoms with Crippen LogP contribution in [-0.2, 0) is 4.79 Å². The lowest BCUT2D eigenvalue weighted by Gasteiger charge is -2.30. The van der Waals surface area contributed by atoms with Crippen molar-refractivity contribution < 1.29 is 9.18 Å². The van der Waals surface area contributed by atoms with Gasteiger partial charge in [0.15, 0.2) is 0 Å². The molecule has 5 rings (SSSR count). The van der Waals surface area contributed by atoms with E-state index in [0.29, 0.717) is 17.6 Å². The molecular formula is C36H46FN3O. The quantitative estimate of drug-likeness (QED) is 0.228. The number of aliphatic imine (C=N–C) groups is 1. The van der Waals surface area contributed by atoms with Gasteiger partial charge in [-0.15, -0.1) is 0 Å². The summed E-state index contributed by atoms with van der Waals surface area (Å²) in [6.45, 7) is 4.50. The molecule has 218 valence electrons. The SMILES string of the molecule is CCCC(C)CCC(=O)CCC1CCC(CCC2C=NC(c3ccc(F)cc3)=C(c3ccnc4[nH]ccc34)C2)CC1. The molecule has 1 fully saturated rings. The molecule has 4 nitrogen and oxygen atoms in total. The Balaban J connectivity index is 1.14. The van der Waals surface area contributed by atoms with E-state index in [9.17, 15) is 9.18 Å². The van der Waals surface area contributed by atoms with Crippen molar-refractivity contribution in [2.45, 2.75) is 97.3 Å². The van der Waals surface area contributed by atoms with Gasteiger partial charge in [0.1, 0.15) is 17.2 Å². The van der Waals surface area contributed by atoms with E-state index in [0.717, 1.165) is 78.2 Å². The minimum atomic E-state index is -0.233. The van der Waals surface area contributed by atoms with Crippen molar-refractivity contribution >= 4 is 34.3 Å². The van der Waals surface area contributed by atoms with Gasteiger partial charge in [0.05, 0.1) is 5.70 Å². The van der Waals surface area contributed by atoms with Crippen molar-refractivity contribution in [3.8, 4) is 0 Å². The van der Waals surface area contributed by atoms with Gasteiger partial charge in [0, 0.05) is 42.4 Å². The summed E-state index contributed by atoms with van der Waals surface area (Å²) in [5.41, 5.74) is 5.14. The maximum Gasteiger partial charge on any atom is 0.137 e. The van der Waals surface area contributed by atoms with E-state index in [1.165, 1.54) is 62.7 Å². The Morgan fingerprint density at radius 2 is 1.73 bits per heavy atom. The molecule has 41 heavy (non-hydrogen) atoms. The van der Waals surface area contributed by atoms with Gasteiger partial charge in [-0.05, 0) is 103 Å². The summed E-state index contributed by atoms with van der Waals surface area (Å²) >= 11 is 0. The first kappa shape index (κ1) is 29.4. The number of rotatable bonds is 13. The molecule has 2 aromatic heterocycles. The van der Waals surface area contributed by atoms with E-state index < -0.39 is 0 Å². The lowest BCUT2D eigenvalue weighted by molar-refractivity contribution is -0.119. The summed E-state index contributed by atoms with van der Waals surface area (Å²) in [5, 5.41) is 1.10. The summed E-state index contributed by atoms with van der Waals surface area (Å²) in [7, 11) is 0. The number of halogens is 1. The molecule has 1 saturated carbocycles. The van der Waals surface area contributed by atoms with Crippen LogP contribution in [0.5, 0.6) is 0 Å². The Morgan fingerprint density at radius 3 is 2.49 bits per heavy atom. The van der Waals surface area contributed by atoms with Gasteiger partial charge in [-0.2, -0.15) is 0 Å². The van der Waals surface area contributed by atoms with Gasteiger partial charge < -0.3 is 4.98 Å². The predicted octanol–water partition coefficient (Wildman–Crippen LogP) is 9.81. The Bertz CT molecular complexity index is 1350. The maximum atomic E-state index is 13.7. The number of allylic oxidation sites excluding steroid dienone is 1. The van der Waals surface area contributed by atoms with E-state index in [1.807, 2.05) is 24.5 Å². The molecule has 0 amide bonds. The molecule has 1 aliphatic carbocycles. The van der Waals surface area contributed by atoms with Crippen molar-refractivity contribution in [2.75, 3.05) is 0 Å². The van der Waals surface area contributed by atoms with Gasteiger partial charge in [0.2, 0.25) is 0 Å². The van der Waals surface area contributed by atoms with E-state index in [-0.39, 0.29) is 5.82 Å². The smallest absolute Gasteiger partial charge is 0.137 e. The molecule has 3 aromatic rings. The number of carbonyl (C=O) groups excluding carboxylic acids is 1. The molecule has 2 atom stereocenters. The van der Waals surface area contributed by atoms with E-state index >= 15 is 0 Å². The summed E-state index contributed by atoms with van der Waals surface area (Å²) in [6.07, 6.45) is 20.5. The minimum Gasteiger partial charge on any atom is -0.346 e. The molecule has 1 aromatic carbocycles. The van der Waals surface area contributed by atoms with Crippen LogP contribution in [-0.4, -0.2) is 22.0 Å². The molecule has 0 bridgehead atoms. The highest BCUT2D eigenvalue weighted by atomic mass is 19.1. The highest BCUT2D eigenvalue weighted by molar-refractivity contribution is 6.02. The van der Waals surface area contributed by atoms with E-state index in [2.05, 4.69) is 42.2 Å². The van der Waals surface area contributed by atoms with E-state index in [1.54, 1.807) is 0 Å². The van der Waals surface area contributed by atoms with Crippen LogP contribution in [0.3, 0.4) is 0 Å². The number of fused-ring (bicyclic) bond motifs is 1. The highest BCUT2D eigenvalue weighted by Crippen LogP contribution is 2.40. The standard InChI is InChI=1S/C36H46FN3O/c1-3-4-25(2)5-17-31(41)18-12-27-8-6-26(7-9-27)10-11-28-23-34(32-19-21-38-36-33(32)20-22-39-36)35(40-24-28)29-13-15-30(37)16-14-29/h13-16,19-22,24-28H,3-12,17-18,23H2,1-2H3,(H,38,39). The molecule has 0 spiro atoms. The monoisotopic (exact) mass is 555 g/mol. The lowest BCUT2D eigenvalue weighted by Crippen LogP contribution is -2.17. The molecule has 1 N–H and O–H groups in total. The normalized spacial score (nSPS) is 21.9. The van der Waals surface area contributed by atoms with Crippen molar-refractivity contribution in [1.82, 2.24) is 9.97 Å². The fourth-order valence-electron chi connectivity index (χ4n) is 6.96. The fraction of sp³-hybridized carbons (Fsp3) is 0.528. The van der Waals surface area contributed by atoms with Gasteiger partial charge in [0.25, 0.3) is 0 Å². The predicted molar refractivity (Wildman–Crippen MR) is 168 cm³/mol. The summed E-state index contributed by atoms with van der Waals surface area (Å²) < 4.78 is 13.7. The van der Waals surface area contributed by atoms with Crippen LogP contribution < -0.4 is 0 Å². The molecule has 3 heterocycles. The fourth-order valence-corrected chi connectivity index (χ4v) is 6.96. The van der Waals surface area contributed by atoms with Gasteiger partial charge in [-0.25, -0.2) is 9.37 Å². The first-order chi connectivity index (χ1) is 20.0. The molecule has 2 unspecified atom stereocenters. The molecular weight excluding hydrogens is 509 g/mol. The second-order valence-corrected chi connectivity index (χ2v) is 12.6. The molecule has 2 aliphatic rings. The van der Waals surface area contributed by atoms with Crippen LogP contribution >= 0.6 is 0 Å². The van der Waals surface area contributed by atoms with Crippen LogP contribution in [0.25, 0.3) is 22.3 Å². The number of aromatic amines is 1. The molecule has 0 saturated heterocycles. The van der Waals surface area contributed by atoms with Crippen LogP contribution in [0.2, 0.25) is 0 Å². The Kier molecular flexibility index (Phi) is 10.2. The zero-order valence-electron chi connectivity index (χ0n) is 24.9. The first-order valence-corrected chi connectivity index (χ1v) is 16.0. The average Bonchev–Trinajstić information content (AvgIpc) is 3.48. The Morgan fingerprint density at radius 1 is 0.976 bits per heavy atom. The number of hydrogen-bond donors (Lipinski definition) is 1. The second kappa shape index (κ2) is 14.2. The van der Waals surface area contributed by atoms with Crippen molar-refractivity contribution in [3.05, 3.63) is 65.7 Å². The topological polar surface area (TPSA) is 58.1 Å². The molecule has 1 aliphatic heterocycles. The number of H-pyrrole nitrogens is 1. The number of carbonyl (C=O) groups is 1. The first-order valence-electron chi connectivity index (χ1n) is 16.0. The van der Waals surface area contributed by atoms with Gasteiger partial charge in [-0.3, -0.25) is 9.79 Å². The maximum absolute atomic E-state index is 13.7. The molecule has 0 radical (unpaired) electrons. The number of benzene rings is 1. The van der Waals surface area contributed by atoms with Crippen LogP contribution in [0.4, 0.5) is 4.39 Å². The second-order valence-electron chi connectivity index (χ2n) is 12.6. The third-order valence-corrected chi connectivity index (χ3v) is 9.51.